The maximum Gasteiger partial charge on any atom is 0.261 e. The minimum atomic E-state index is -0.0186. The summed E-state index contributed by atoms with van der Waals surface area (Å²) in [6, 6.07) is 11.8. The lowest BCUT2D eigenvalue weighted by Crippen LogP contribution is -2.28. The summed E-state index contributed by atoms with van der Waals surface area (Å²) in [5, 5.41) is 10.8. The number of benzene rings is 2. The molecule has 0 atom stereocenters. The largest absolute Gasteiger partial charge is 0.507 e. The standard InChI is InChI=1S/C30H40N2O3/c1-6-10-13-28-27(20-22-18-23(11-7-2)29(33)24(19-22)12-8-3)30(34)32(21(5)31-28)25-14-16-26(17-15-25)35-9-4/h14-19,33H,6-13,20H2,1-5H3. The fourth-order valence-corrected chi connectivity index (χ4v) is 4.67. The van der Waals surface area contributed by atoms with Crippen LogP contribution < -0.4 is 10.3 Å². The van der Waals surface area contributed by atoms with Crippen LogP contribution in [0.15, 0.2) is 41.2 Å². The first kappa shape index (κ1) is 26.5. The third-order valence-electron chi connectivity index (χ3n) is 6.35. The van der Waals surface area contributed by atoms with Crippen LogP contribution in [-0.2, 0) is 25.7 Å². The lowest BCUT2D eigenvalue weighted by atomic mass is 9.94. The molecule has 35 heavy (non-hydrogen) atoms. The van der Waals surface area contributed by atoms with E-state index in [-0.39, 0.29) is 5.56 Å². The zero-order chi connectivity index (χ0) is 25.4. The van der Waals surface area contributed by atoms with Crippen LogP contribution in [0, 0.1) is 6.92 Å². The highest BCUT2D eigenvalue weighted by Crippen LogP contribution is 2.28. The Hall–Kier alpha value is -3.08. The van der Waals surface area contributed by atoms with E-state index in [1.54, 1.807) is 4.57 Å². The number of hydrogen-bond donors (Lipinski definition) is 1. The van der Waals surface area contributed by atoms with E-state index in [4.69, 9.17) is 9.72 Å². The number of nitrogens with zero attached hydrogens (tertiary/aromatic N) is 2. The summed E-state index contributed by atoms with van der Waals surface area (Å²) in [5.74, 6) is 1.89. The number of rotatable bonds is 12. The van der Waals surface area contributed by atoms with Crippen LogP contribution in [-0.4, -0.2) is 21.3 Å². The molecule has 1 aromatic heterocycles. The first-order valence-corrected chi connectivity index (χ1v) is 13.1. The molecule has 5 nitrogen and oxygen atoms in total. The summed E-state index contributed by atoms with van der Waals surface area (Å²) < 4.78 is 7.28. The van der Waals surface area contributed by atoms with Crippen molar-refractivity contribution in [1.82, 2.24) is 9.55 Å². The Morgan fingerprint density at radius 2 is 1.54 bits per heavy atom. The van der Waals surface area contributed by atoms with Crippen LogP contribution in [0.5, 0.6) is 11.5 Å². The van der Waals surface area contributed by atoms with Gasteiger partial charge in [-0.05, 0) is 80.5 Å². The lowest BCUT2D eigenvalue weighted by Gasteiger charge is -2.17. The zero-order valence-corrected chi connectivity index (χ0v) is 22.0. The van der Waals surface area contributed by atoms with Crippen molar-refractivity contribution in [3.63, 3.8) is 0 Å². The average Bonchev–Trinajstić information content (AvgIpc) is 2.84. The van der Waals surface area contributed by atoms with Gasteiger partial charge in [-0.25, -0.2) is 4.98 Å². The zero-order valence-electron chi connectivity index (χ0n) is 22.0. The van der Waals surface area contributed by atoms with Gasteiger partial charge in [-0.3, -0.25) is 9.36 Å². The monoisotopic (exact) mass is 476 g/mol. The van der Waals surface area contributed by atoms with Crippen molar-refractivity contribution in [2.75, 3.05) is 6.61 Å². The van der Waals surface area contributed by atoms with Gasteiger partial charge in [0.1, 0.15) is 17.3 Å². The second kappa shape index (κ2) is 12.6. The minimum Gasteiger partial charge on any atom is -0.507 e. The first-order valence-electron chi connectivity index (χ1n) is 13.1. The Bertz CT molecular complexity index is 1150. The summed E-state index contributed by atoms with van der Waals surface area (Å²) in [5.41, 5.74) is 5.40. The van der Waals surface area contributed by atoms with Crippen LogP contribution in [0.1, 0.15) is 87.2 Å². The molecule has 0 amide bonds. The maximum absolute atomic E-state index is 13.9. The highest BCUT2D eigenvalue weighted by molar-refractivity contribution is 5.46. The Morgan fingerprint density at radius 3 is 2.09 bits per heavy atom. The Labute approximate surface area is 209 Å². The fourth-order valence-electron chi connectivity index (χ4n) is 4.67. The van der Waals surface area contributed by atoms with Gasteiger partial charge >= 0.3 is 0 Å². The molecular formula is C30H40N2O3. The molecule has 0 aliphatic rings. The van der Waals surface area contributed by atoms with E-state index < -0.39 is 0 Å². The molecule has 0 bridgehead atoms. The van der Waals surface area contributed by atoms with Crippen LogP contribution >= 0.6 is 0 Å². The molecule has 1 heterocycles. The molecule has 3 aromatic rings. The van der Waals surface area contributed by atoms with Gasteiger partial charge < -0.3 is 9.84 Å². The number of aromatic nitrogens is 2. The molecule has 0 saturated heterocycles. The van der Waals surface area contributed by atoms with Crippen LogP contribution in [0.25, 0.3) is 5.69 Å². The molecule has 0 radical (unpaired) electrons. The van der Waals surface area contributed by atoms with Gasteiger partial charge in [-0.15, -0.1) is 0 Å². The normalized spacial score (nSPS) is 11.1. The number of phenolic OH excluding ortho intramolecular Hbond substituents is 1. The molecule has 0 spiro atoms. The predicted octanol–water partition coefficient (Wildman–Crippen LogP) is 6.48. The van der Waals surface area contributed by atoms with Crippen molar-refractivity contribution >= 4 is 0 Å². The van der Waals surface area contributed by atoms with Crippen LogP contribution in [0.4, 0.5) is 0 Å². The SMILES string of the molecule is CCCCc1nc(C)n(-c2ccc(OCC)cc2)c(=O)c1Cc1cc(CCC)c(O)c(CCC)c1. The number of aryl methyl sites for hydroxylation is 4. The van der Waals surface area contributed by atoms with Gasteiger partial charge in [-0.2, -0.15) is 0 Å². The van der Waals surface area contributed by atoms with Crippen molar-refractivity contribution in [2.24, 2.45) is 0 Å². The molecule has 3 rings (SSSR count). The van der Waals surface area contributed by atoms with Gasteiger partial charge in [-0.1, -0.05) is 52.2 Å². The second-order valence-electron chi connectivity index (χ2n) is 9.19. The fraction of sp³-hybridized carbons (Fsp3) is 0.467. The van der Waals surface area contributed by atoms with Crippen LogP contribution in [0.3, 0.4) is 0 Å². The van der Waals surface area contributed by atoms with E-state index in [0.29, 0.717) is 24.6 Å². The molecule has 5 heteroatoms. The molecular weight excluding hydrogens is 436 g/mol. The van der Waals surface area contributed by atoms with Crippen LogP contribution in [0.2, 0.25) is 0 Å². The molecule has 0 aliphatic heterocycles. The van der Waals surface area contributed by atoms with Gasteiger partial charge in [0.15, 0.2) is 0 Å². The minimum absolute atomic E-state index is 0.0186. The van der Waals surface area contributed by atoms with E-state index in [1.807, 2.05) is 38.1 Å². The van der Waals surface area contributed by atoms with E-state index in [1.165, 1.54) is 0 Å². The molecule has 0 fully saturated rings. The number of ether oxygens (including phenoxy) is 1. The average molecular weight is 477 g/mol. The summed E-state index contributed by atoms with van der Waals surface area (Å²) in [7, 11) is 0. The molecule has 0 unspecified atom stereocenters. The maximum atomic E-state index is 13.9. The smallest absolute Gasteiger partial charge is 0.261 e. The predicted molar refractivity (Wildman–Crippen MR) is 143 cm³/mol. The number of phenols is 1. The summed E-state index contributed by atoms with van der Waals surface area (Å²) in [6.45, 7) is 10.8. The number of hydrogen-bond acceptors (Lipinski definition) is 4. The topological polar surface area (TPSA) is 64.4 Å². The van der Waals surface area contributed by atoms with Gasteiger partial charge in [0.2, 0.25) is 0 Å². The van der Waals surface area contributed by atoms with Crippen molar-refractivity contribution in [2.45, 2.75) is 86.0 Å². The Kier molecular flexibility index (Phi) is 9.53. The second-order valence-corrected chi connectivity index (χ2v) is 9.19. The van der Waals surface area contributed by atoms with Gasteiger partial charge in [0.05, 0.1) is 18.0 Å². The van der Waals surface area contributed by atoms with Crippen molar-refractivity contribution in [3.05, 3.63) is 80.5 Å². The summed E-state index contributed by atoms with van der Waals surface area (Å²) >= 11 is 0. The molecule has 1 N–H and O–H groups in total. The Morgan fingerprint density at radius 1 is 0.914 bits per heavy atom. The lowest BCUT2D eigenvalue weighted by molar-refractivity contribution is 0.340. The van der Waals surface area contributed by atoms with Crippen molar-refractivity contribution in [3.8, 4) is 17.2 Å². The quantitative estimate of drug-likeness (QED) is 0.325. The van der Waals surface area contributed by atoms with E-state index in [2.05, 4.69) is 32.9 Å². The highest BCUT2D eigenvalue weighted by Gasteiger charge is 2.18. The molecule has 0 saturated carbocycles. The third-order valence-corrected chi connectivity index (χ3v) is 6.35. The van der Waals surface area contributed by atoms with E-state index in [9.17, 15) is 9.90 Å². The van der Waals surface area contributed by atoms with E-state index in [0.717, 1.165) is 84.3 Å². The first-order chi connectivity index (χ1) is 16.9. The highest BCUT2D eigenvalue weighted by atomic mass is 16.5. The molecule has 2 aromatic carbocycles. The van der Waals surface area contributed by atoms with E-state index >= 15 is 0 Å². The number of unbranched alkanes of at least 4 members (excludes halogenated alkanes) is 1. The Balaban J connectivity index is 2.12. The summed E-state index contributed by atoms with van der Waals surface area (Å²) in [4.78, 5) is 18.8. The van der Waals surface area contributed by atoms with Crippen molar-refractivity contribution in [1.29, 1.82) is 0 Å². The van der Waals surface area contributed by atoms with Gasteiger partial charge in [0, 0.05) is 12.0 Å². The number of aromatic hydroxyl groups is 1. The molecule has 0 aliphatic carbocycles. The van der Waals surface area contributed by atoms with Gasteiger partial charge in [0.25, 0.3) is 5.56 Å². The van der Waals surface area contributed by atoms with Crippen molar-refractivity contribution < 1.29 is 9.84 Å². The third kappa shape index (κ3) is 6.33. The molecule has 188 valence electrons. The summed E-state index contributed by atoms with van der Waals surface area (Å²) in [6.07, 6.45) is 6.89.